The molecule has 11 heteroatoms. The minimum atomic E-state index is -4.92. The molecule has 0 rings (SSSR count). The average Bonchev–Trinajstić information content (AvgIpc) is 2.37. The molecule has 0 aromatic rings. The summed E-state index contributed by atoms with van der Waals surface area (Å²) in [6, 6.07) is 0. The minimum absolute atomic E-state index is 0.0359. The molecule has 0 aromatic carbocycles. The zero-order valence-electron chi connectivity index (χ0n) is 13.0. The number of hydrogen-bond acceptors (Lipinski definition) is 10. The summed E-state index contributed by atoms with van der Waals surface area (Å²) in [6.07, 6.45) is -0.588. The summed E-state index contributed by atoms with van der Waals surface area (Å²) in [5, 5.41) is 0. The number of hydrogen-bond donors (Lipinski definition) is 3. The monoisotopic (exact) mass is 422 g/mol. The van der Waals surface area contributed by atoms with Crippen molar-refractivity contribution in [3.8, 4) is 0 Å². The Kier molecular flexibility index (Phi) is 12.6. The molecule has 0 aliphatic carbocycles. The SMILES string of the molecule is CC(C)[O][Ti]([O]C(=O)CCS)([O]C(=O)CCS)[O]C(=O)CCS. The van der Waals surface area contributed by atoms with E-state index in [1.165, 1.54) is 0 Å². The Morgan fingerprint density at radius 1 is 0.783 bits per heavy atom. The van der Waals surface area contributed by atoms with Gasteiger partial charge in [-0.15, -0.1) is 0 Å². The van der Waals surface area contributed by atoms with Gasteiger partial charge in [-0.25, -0.2) is 0 Å². The Bertz CT molecular complexity index is 356. The summed E-state index contributed by atoms with van der Waals surface area (Å²) in [7, 11) is 0. The van der Waals surface area contributed by atoms with Crippen LogP contribution in [-0.2, 0) is 45.8 Å². The predicted octanol–water partition coefficient (Wildman–Crippen LogP) is 1.81. The summed E-state index contributed by atoms with van der Waals surface area (Å²) in [4.78, 5) is 35.4. The molecule has 0 fully saturated rings. The van der Waals surface area contributed by atoms with Gasteiger partial charge >= 0.3 is 158 Å². The van der Waals surface area contributed by atoms with E-state index >= 15 is 0 Å². The molecule has 0 aromatic heterocycles. The first-order valence-electron chi connectivity index (χ1n) is 6.94. The first kappa shape index (κ1) is 23.1. The molecule has 0 unspecified atom stereocenters. The van der Waals surface area contributed by atoms with Crippen molar-refractivity contribution >= 4 is 55.8 Å². The van der Waals surface area contributed by atoms with Crippen LogP contribution in [0, 0.1) is 0 Å². The summed E-state index contributed by atoms with van der Waals surface area (Å²) < 4.78 is 21.0. The van der Waals surface area contributed by atoms with E-state index in [0.29, 0.717) is 0 Å². The second-order valence-electron chi connectivity index (χ2n) is 4.51. The van der Waals surface area contributed by atoms with Crippen LogP contribution < -0.4 is 0 Å². The van der Waals surface area contributed by atoms with Crippen molar-refractivity contribution in [1.82, 2.24) is 0 Å². The van der Waals surface area contributed by atoms with Crippen molar-refractivity contribution in [2.75, 3.05) is 17.3 Å². The van der Waals surface area contributed by atoms with Crippen molar-refractivity contribution in [3.63, 3.8) is 0 Å². The Morgan fingerprint density at radius 2 is 1.09 bits per heavy atom. The summed E-state index contributed by atoms with van der Waals surface area (Å²) in [5.41, 5.74) is 0. The molecule has 7 nitrogen and oxygen atoms in total. The van der Waals surface area contributed by atoms with Gasteiger partial charge in [-0.1, -0.05) is 0 Å². The van der Waals surface area contributed by atoms with Crippen LogP contribution in [0.1, 0.15) is 33.1 Å². The van der Waals surface area contributed by atoms with E-state index in [2.05, 4.69) is 37.9 Å². The van der Waals surface area contributed by atoms with Gasteiger partial charge in [0.15, 0.2) is 0 Å². The second kappa shape index (κ2) is 12.5. The molecule has 0 bridgehead atoms. The van der Waals surface area contributed by atoms with Gasteiger partial charge in [0.25, 0.3) is 0 Å². The first-order chi connectivity index (χ1) is 10.8. The fraction of sp³-hybridized carbons (Fsp3) is 0.750. The van der Waals surface area contributed by atoms with Crippen molar-refractivity contribution in [2.24, 2.45) is 0 Å². The zero-order valence-corrected chi connectivity index (χ0v) is 17.3. The van der Waals surface area contributed by atoms with Gasteiger partial charge in [0.2, 0.25) is 0 Å². The molecule has 0 saturated heterocycles. The maximum absolute atomic E-state index is 11.8. The molecule has 0 atom stereocenters. The van der Waals surface area contributed by atoms with E-state index in [4.69, 9.17) is 13.3 Å². The van der Waals surface area contributed by atoms with E-state index in [1.54, 1.807) is 13.8 Å². The molecular weight excluding hydrogens is 400 g/mol. The standard InChI is InChI=1S/3C3H6O2S.C3H7O.Ti/c3*4-3(5)1-2-6;1-3(2)4;/h3*6H,1-2H2,(H,4,5);3H,1-2H3;/q;;;-1;+4/p-3. The molecule has 0 amide bonds. The molecule has 23 heavy (non-hydrogen) atoms. The van der Waals surface area contributed by atoms with Crippen molar-refractivity contribution < 1.29 is 45.8 Å². The topological polar surface area (TPSA) is 88.1 Å². The fourth-order valence-corrected chi connectivity index (χ4v) is 4.92. The number of rotatable bonds is 11. The molecule has 0 aliphatic rings. The van der Waals surface area contributed by atoms with Crippen LogP contribution in [-0.4, -0.2) is 41.3 Å². The normalized spacial score (nSPS) is 11.2. The van der Waals surface area contributed by atoms with Crippen LogP contribution in [0.4, 0.5) is 0 Å². The number of thiol groups is 3. The Morgan fingerprint density at radius 3 is 1.30 bits per heavy atom. The van der Waals surface area contributed by atoms with Gasteiger partial charge in [0.1, 0.15) is 0 Å². The average molecular weight is 422 g/mol. The summed E-state index contributed by atoms with van der Waals surface area (Å²) in [6.45, 7) is 3.29. The second-order valence-corrected chi connectivity index (χ2v) is 8.74. The zero-order chi connectivity index (χ0) is 17.9. The molecule has 0 heterocycles. The van der Waals surface area contributed by atoms with Crippen LogP contribution in [0.15, 0.2) is 0 Å². The van der Waals surface area contributed by atoms with E-state index in [1.807, 2.05) is 0 Å². The van der Waals surface area contributed by atoms with Crippen LogP contribution in [0.3, 0.4) is 0 Å². The van der Waals surface area contributed by atoms with Crippen molar-refractivity contribution in [1.29, 1.82) is 0 Å². The fourth-order valence-electron chi connectivity index (χ4n) is 1.27. The van der Waals surface area contributed by atoms with Gasteiger partial charge in [-0.3, -0.25) is 0 Å². The van der Waals surface area contributed by atoms with Crippen LogP contribution >= 0.6 is 37.9 Å². The number of carbonyl (C=O) groups excluding carboxylic acids is 3. The van der Waals surface area contributed by atoms with Crippen LogP contribution in [0.25, 0.3) is 0 Å². The van der Waals surface area contributed by atoms with Crippen LogP contribution in [0.2, 0.25) is 0 Å². The third-order valence-corrected chi connectivity index (χ3v) is 6.14. The number of carbonyl (C=O) groups is 3. The molecule has 0 spiro atoms. The Balaban J connectivity index is 5.36. The summed E-state index contributed by atoms with van der Waals surface area (Å²) >= 11 is 6.87. The Hall–Kier alpha value is 0.134. The predicted molar refractivity (Wildman–Crippen MR) is 89.9 cm³/mol. The first-order valence-corrected chi connectivity index (χ1v) is 11.4. The molecular formula is C12H22O7S3Ti. The molecule has 0 saturated carbocycles. The molecule has 0 aliphatic heterocycles. The van der Waals surface area contributed by atoms with Gasteiger partial charge in [0, 0.05) is 0 Å². The van der Waals surface area contributed by atoms with Crippen LogP contribution in [0.5, 0.6) is 0 Å². The van der Waals surface area contributed by atoms with Gasteiger partial charge in [-0.05, 0) is 0 Å². The van der Waals surface area contributed by atoms with Crippen molar-refractivity contribution in [2.45, 2.75) is 39.2 Å². The van der Waals surface area contributed by atoms with Gasteiger partial charge < -0.3 is 0 Å². The van der Waals surface area contributed by atoms with Gasteiger partial charge in [0.05, 0.1) is 0 Å². The van der Waals surface area contributed by atoms with E-state index in [-0.39, 0.29) is 36.5 Å². The third-order valence-electron chi connectivity index (χ3n) is 2.04. The molecule has 134 valence electrons. The summed E-state index contributed by atoms with van der Waals surface area (Å²) in [5.74, 6) is -1.44. The van der Waals surface area contributed by atoms with E-state index in [9.17, 15) is 14.4 Å². The quantitative estimate of drug-likeness (QED) is 0.346. The van der Waals surface area contributed by atoms with Gasteiger partial charge in [-0.2, -0.15) is 0 Å². The van der Waals surface area contributed by atoms with Crippen molar-refractivity contribution in [3.05, 3.63) is 0 Å². The maximum atomic E-state index is 11.8. The van der Waals surface area contributed by atoms with E-state index < -0.39 is 42.2 Å². The third kappa shape index (κ3) is 10.6. The van der Waals surface area contributed by atoms with E-state index in [0.717, 1.165) is 0 Å². The molecule has 0 N–H and O–H groups in total. The Labute approximate surface area is 157 Å². The molecule has 0 radical (unpaired) electrons.